The number of carbonyl (C=O) groups is 1. The molecular weight excluding hydrogens is 278 g/mol. The normalized spacial score (nSPS) is 11.4. The van der Waals surface area contributed by atoms with Crippen molar-refractivity contribution in [3.05, 3.63) is 28.1 Å². The Balaban J connectivity index is 2.41. The summed E-state index contributed by atoms with van der Waals surface area (Å²) in [5, 5.41) is 16.3. The van der Waals surface area contributed by atoms with Crippen LogP contribution in [0.3, 0.4) is 0 Å². The molecule has 2 aromatic heterocycles. The number of nitrogens with zero attached hydrogens (tertiary/aromatic N) is 1. The Morgan fingerprint density at radius 3 is 2.83 bits per heavy atom. The lowest BCUT2D eigenvalue weighted by molar-refractivity contribution is 0.0703. The lowest BCUT2D eigenvalue weighted by atomic mass is 10.3. The molecule has 0 aliphatic heterocycles. The topological polar surface area (TPSA) is 112 Å². The van der Waals surface area contributed by atoms with Gasteiger partial charge in [-0.15, -0.1) is 11.3 Å². The van der Waals surface area contributed by atoms with Crippen LogP contribution in [0.25, 0.3) is 0 Å². The molecule has 3 N–H and O–H groups in total. The number of anilines is 1. The van der Waals surface area contributed by atoms with Crippen molar-refractivity contribution in [2.24, 2.45) is 0 Å². The van der Waals surface area contributed by atoms with Crippen LogP contribution in [0, 0.1) is 6.92 Å². The number of rotatable bonds is 4. The molecule has 0 aliphatic carbocycles. The maximum Gasteiger partial charge on any atom is 0.348 e. The zero-order chi connectivity index (χ0) is 13.3. The molecule has 0 aromatic carbocycles. The van der Waals surface area contributed by atoms with E-state index in [1.165, 1.54) is 12.3 Å². The third-order valence-corrected chi connectivity index (χ3v) is 4.54. The molecule has 2 aromatic rings. The smallest absolute Gasteiger partial charge is 0.348 e. The van der Waals surface area contributed by atoms with Crippen molar-refractivity contribution >= 4 is 33.0 Å². The number of H-pyrrole nitrogens is 1. The van der Waals surface area contributed by atoms with Gasteiger partial charge in [0, 0.05) is 0 Å². The number of hydrogen-bond donors (Lipinski definition) is 3. The molecule has 18 heavy (non-hydrogen) atoms. The van der Waals surface area contributed by atoms with Crippen molar-refractivity contribution in [2.45, 2.75) is 11.9 Å². The number of aromatic carboxylic acids is 1. The van der Waals surface area contributed by atoms with E-state index in [2.05, 4.69) is 14.9 Å². The Kier molecular flexibility index (Phi) is 3.09. The summed E-state index contributed by atoms with van der Waals surface area (Å²) < 4.78 is 26.1. The molecule has 0 bridgehead atoms. The van der Waals surface area contributed by atoms with Gasteiger partial charge < -0.3 is 5.11 Å². The monoisotopic (exact) mass is 287 g/mol. The van der Waals surface area contributed by atoms with E-state index in [1.807, 2.05) is 0 Å². The molecule has 0 atom stereocenters. The Morgan fingerprint density at radius 1 is 1.56 bits per heavy atom. The zero-order valence-corrected chi connectivity index (χ0v) is 10.8. The molecule has 0 spiro atoms. The SMILES string of the molecule is Cc1csc(C(=O)O)c1NS(=O)(=O)c1ccn[nH]1. The van der Waals surface area contributed by atoms with E-state index in [1.54, 1.807) is 12.3 Å². The van der Waals surface area contributed by atoms with E-state index in [0.717, 1.165) is 11.3 Å². The van der Waals surface area contributed by atoms with Gasteiger partial charge in [-0.2, -0.15) is 13.5 Å². The minimum atomic E-state index is -3.84. The number of thiophene rings is 1. The van der Waals surface area contributed by atoms with Crippen molar-refractivity contribution in [3.8, 4) is 0 Å². The largest absolute Gasteiger partial charge is 0.477 e. The van der Waals surface area contributed by atoms with Crippen molar-refractivity contribution < 1.29 is 18.3 Å². The average molecular weight is 287 g/mol. The van der Waals surface area contributed by atoms with Crippen molar-refractivity contribution in [1.82, 2.24) is 10.2 Å². The molecule has 2 rings (SSSR count). The van der Waals surface area contributed by atoms with Crippen LogP contribution in [-0.4, -0.2) is 29.7 Å². The maximum atomic E-state index is 11.9. The fourth-order valence-electron chi connectivity index (χ4n) is 1.31. The fraction of sp³-hybridized carbons (Fsp3) is 0.111. The second-order valence-corrected chi connectivity index (χ2v) is 5.98. The quantitative estimate of drug-likeness (QED) is 0.784. The minimum absolute atomic E-state index is 0.0457. The first-order valence-electron chi connectivity index (χ1n) is 4.75. The molecule has 2 heterocycles. The van der Waals surface area contributed by atoms with Gasteiger partial charge in [-0.3, -0.25) is 9.82 Å². The number of aromatic nitrogens is 2. The number of sulfonamides is 1. The summed E-state index contributed by atoms with van der Waals surface area (Å²) in [6.07, 6.45) is 1.30. The van der Waals surface area contributed by atoms with Crippen LogP contribution in [0.2, 0.25) is 0 Å². The van der Waals surface area contributed by atoms with Gasteiger partial charge in [0.15, 0.2) is 5.03 Å². The number of carboxylic acid groups (broad SMARTS) is 1. The molecule has 0 amide bonds. The van der Waals surface area contributed by atoms with Crippen LogP contribution in [-0.2, 0) is 10.0 Å². The Morgan fingerprint density at radius 2 is 2.28 bits per heavy atom. The highest BCUT2D eigenvalue weighted by Crippen LogP contribution is 2.29. The van der Waals surface area contributed by atoms with Crippen LogP contribution in [0.5, 0.6) is 0 Å². The summed E-state index contributed by atoms with van der Waals surface area (Å²) in [7, 11) is -3.84. The van der Waals surface area contributed by atoms with E-state index in [-0.39, 0.29) is 15.6 Å². The molecule has 7 nitrogen and oxygen atoms in total. The van der Waals surface area contributed by atoms with E-state index >= 15 is 0 Å². The van der Waals surface area contributed by atoms with Gasteiger partial charge in [0.1, 0.15) is 4.88 Å². The Labute approximate surface area is 107 Å². The lowest BCUT2D eigenvalue weighted by Gasteiger charge is -2.06. The van der Waals surface area contributed by atoms with E-state index in [4.69, 9.17) is 5.11 Å². The summed E-state index contributed by atoms with van der Waals surface area (Å²) in [6, 6.07) is 1.28. The third kappa shape index (κ3) is 2.22. The summed E-state index contributed by atoms with van der Waals surface area (Å²) in [6.45, 7) is 1.63. The molecule has 9 heteroatoms. The third-order valence-electron chi connectivity index (χ3n) is 2.17. The first kappa shape index (κ1) is 12.6. The number of carboxylic acids is 1. The standard InChI is InChI=1S/C9H9N3O4S2/c1-5-4-17-8(9(13)14)7(5)12-18(15,16)6-2-3-10-11-6/h2-4,12H,1H3,(H,10,11)(H,13,14). The molecule has 0 saturated heterocycles. The zero-order valence-electron chi connectivity index (χ0n) is 9.17. The lowest BCUT2D eigenvalue weighted by Crippen LogP contribution is -2.15. The molecule has 96 valence electrons. The maximum absolute atomic E-state index is 11.9. The average Bonchev–Trinajstić information content (AvgIpc) is 2.89. The minimum Gasteiger partial charge on any atom is -0.477 e. The van der Waals surface area contributed by atoms with Crippen molar-refractivity contribution in [3.63, 3.8) is 0 Å². The fourth-order valence-corrected chi connectivity index (χ4v) is 3.27. The summed E-state index contributed by atoms with van der Waals surface area (Å²) in [5.74, 6) is -1.17. The van der Waals surface area contributed by atoms with Gasteiger partial charge in [0.2, 0.25) is 0 Å². The molecular formula is C9H9N3O4S2. The van der Waals surface area contributed by atoms with E-state index < -0.39 is 16.0 Å². The van der Waals surface area contributed by atoms with Gasteiger partial charge in [-0.1, -0.05) is 0 Å². The Bertz CT molecular complexity index is 673. The van der Waals surface area contributed by atoms with Crippen molar-refractivity contribution in [1.29, 1.82) is 0 Å². The van der Waals surface area contributed by atoms with Gasteiger partial charge in [0.25, 0.3) is 10.0 Å². The highest BCUT2D eigenvalue weighted by atomic mass is 32.2. The first-order chi connectivity index (χ1) is 8.42. The van der Waals surface area contributed by atoms with E-state index in [0.29, 0.717) is 5.56 Å². The first-order valence-corrected chi connectivity index (χ1v) is 7.11. The van der Waals surface area contributed by atoms with Crippen LogP contribution in [0.15, 0.2) is 22.7 Å². The number of aryl methyl sites for hydroxylation is 1. The molecule has 0 saturated carbocycles. The van der Waals surface area contributed by atoms with Gasteiger partial charge in [-0.25, -0.2) is 4.79 Å². The van der Waals surface area contributed by atoms with Gasteiger partial charge in [-0.05, 0) is 23.9 Å². The Hall–Kier alpha value is -1.87. The predicted octanol–water partition coefficient (Wildman–Crippen LogP) is 1.28. The summed E-state index contributed by atoms with van der Waals surface area (Å²) in [4.78, 5) is 10.9. The predicted molar refractivity (Wildman–Crippen MR) is 65.4 cm³/mol. The van der Waals surface area contributed by atoms with Crippen LogP contribution in [0.1, 0.15) is 15.2 Å². The second-order valence-electron chi connectivity index (χ2n) is 3.45. The highest BCUT2D eigenvalue weighted by Gasteiger charge is 2.22. The number of nitrogens with one attached hydrogen (secondary N) is 2. The van der Waals surface area contributed by atoms with Gasteiger partial charge >= 0.3 is 5.97 Å². The number of hydrogen-bond acceptors (Lipinski definition) is 5. The van der Waals surface area contributed by atoms with Crippen molar-refractivity contribution in [2.75, 3.05) is 4.72 Å². The molecule has 0 unspecified atom stereocenters. The van der Waals surface area contributed by atoms with Gasteiger partial charge in [0.05, 0.1) is 11.9 Å². The number of aromatic amines is 1. The molecule has 0 radical (unpaired) electrons. The van der Waals surface area contributed by atoms with E-state index in [9.17, 15) is 13.2 Å². The molecule has 0 fully saturated rings. The summed E-state index contributed by atoms with van der Waals surface area (Å²) >= 11 is 0.970. The second kappa shape index (κ2) is 4.42. The van der Waals surface area contributed by atoms with Crippen LogP contribution >= 0.6 is 11.3 Å². The van der Waals surface area contributed by atoms with Crippen LogP contribution in [0.4, 0.5) is 5.69 Å². The van der Waals surface area contributed by atoms with Crippen LogP contribution < -0.4 is 4.72 Å². The molecule has 0 aliphatic rings. The summed E-state index contributed by atoms with van der Waals surface area (Å²) in [5.41, 5.74) is 0.641. The highest BCUT2D eigenvalue weighted by molar-refractivity contribution is 7.92.